The molecule has 2 fully saturated rings. The monoisotopic (exact) mass is 378 g/mol. The number of ether oxygens (including phenoxy) is 1. The number of hydrogen-bond donors (Lipinski definition) is 0. The molecule has 2 aliphatic rings. The first-order chi connectivity index (χ1) is 12.6. The normalized spacial score (nSPS) is 21.3. The van der Waals surface area contributed by atoms with Crippen LogP contribution in [-0.4, -0.2) is 60.5 Å². The van der Waals surface area contributed by atoms with Crippen LogP contribution in [0.5, 0.6) is 0 Å². The fourth-order valence-electron chi connectivity index (χ4n) is 3.60. The number of halogens is 1. The average molecular weight is 379 g/mol. The molecule has 0 radical (unpaired) electrons. The summed E-state index contributed by atoms with van der Waals surface area (Å²) in [6.07, 6.45) is 4.96. The maximum absolute atomic E-state index is 12.6. The molecule has 0 aromatic heterocycles. The minimum atomic E-state index is 0.0714. The Morgan fingerprint density at radius 1 is 0.962 bits per heavy atom. The molecule has 6 heteroatoms. The van der Waals surface area contributed by atoms with Gasteiger partial charge >= 0.3 is 0 Å². The highest BCUT2D eigenvalue weighted by Crippen LogP contribution is 2.17. The third-order valence-corrected chi connectivity index (χ3v) is 5.40. The summed E-state index contributed by atoms with van der Waals surface area (Å²) >= 11 is 5.89. The van der Waals surface area contributed by atoms with Crippen molar-refractivity contribution in [3.8, 4) is 0 Å². The predicted molar refractivity (Wildman–Crippen MR) is 101 cm³/mol. The summed E-state index contributed by atoms with van der Waals surface area (Å²) in [5, 5.41) is 0.673. The summed E-state index contributed by atoms with van der Waals surface area (Å²) in [6.45, 7) is 3.40. The van der Waals surface area contributed by atoms with E-state index in [1.807, 2.05) is 21.9 Å². The predicted octanol–water partition coefficient (Wildman–Crippen LogP) is 2.90. The maximum atomic E-state index is 12.6. The van der Waals surface area contributed by atoms with Crippen molar-refractivity contribution in [2.75, 3.05) is 32.8 Å². The molecule has 0 spiro atoms. The molecule has 2 heterocycles. The molecule has 1 atom stereocenters. The largest absolute Gasteiger partial charge is 0.378 e. The average Bonchev–Trinajstić information content (AvgIpc) is 2.91. The topological polar surface area (TPSA) is 49.9 Å². The second-order valence-electron chi connectivity index (χ2n) is 7.11. The van der Waals surface area contributed by atoms with E-state index in [1.165, 1.54) is 0 Å². The Bertz CT molecular complexity index is 614. The molecule has 2 saturated heterocycles. The van der Waals surface area contributed by atoms with Gasteiger partial charge in [-0.15, -0.1) is 0 Å². The molecular formula is C20H27ClN2O3. The van der Waals surface area contributed by atoms with Gasteiger partial charge in [-0.05, 0) is 43.4 Å². The molecule has 26 heavy (non-hydrogen) atoms. The molecule has 0 saturated carbocycles. The molecule has 1 aromatic carbocycles. The smallest absolute Gasteiger partial charge is 0.227 e. The van der Waals surface area contributed by atoms with Crippen molar-refractivity contribution < 1.29 is 14.3 Å². The Hall–Kier alpha value is -1.59. The Labute approximate surface area is 160 Å². The fourth-order valence-corrected chi connectivity index (χ4v) is 3.72. The first-order valence-corrected chi connectivity index (χ1v) is 9.91. The first-order valence-electron chi connectivity index (χ1n) is 9.53. The fraction of sp³-hybridized carbons (Fsp3) is 0.600. The number of carbonyl (C=O) groups excluding carboxylic acids is 2. The Balaban J connectivity index is 1.48. The van der Waals surface area contributed by atoms with E-state index in [4.69, 9.17) is 16.3 Å². The van der Waals surface area contributed by atoms with Gasteiger partial charge in [0.15, 0.2) is 0 Å². The zero-order valence-corrected chi connectivity index (χ0v) is 15.9. The van der Waals surface area contributed by atoms with Crippen molar-refractivity contribution >= 4 is 23.4 Å². The van der Waals surface area contributed by atoms with Gasteiger partial charge in [-0.25, -0.2) is 0 Å². The quantitative estimate of drug-likeness (QED) is 0.809. The van der Waals surface area contributed by atoms with Crippen molar-refractivity contribution in [3.05, 3.63) is 34.9 Å². The maximum Gasteiger partial charge on any atom is 0.227 e. The number of nitrogens with zero attached hydrogens (tertiary/aromatic N) is 2. The van der Waals surface area contributed by atoms with Crippen molar-refractivity contribution in [1.29, 1.82) is 0 Å². The van der Waals surface area contributed by atoms with Gasteiger partial charge in [0, 0.05) is 37.8 Å². The highest BCUT2D eigenvalue weighted by atomic mass is 35.5. The van der Waals surface area contributed by atoms with E-state index < -0.39 is 0 Å². The van der Waals surface area contributed by atoms with Gasteiger partial charge in [0.2, 0.25) is 11.8 Å². The van der Waals surface area contributed by atoms with Crippen molar-refractivity contribution in [3.63, 3.8) is 0 Å². The second-order valence-corrected chi connectivity index (χ2v) is 7.55. The molecule has 0 bridgehead atoms. The molecule has 0 aliphatic carbocycles. The van der Waals surface area contributed by atoms with Crippen LogP contribution in [0.1, 0.15) is 37.7 Å². The lowest BCUT2D eigenvalue weighted by atomic mass is 10.1. The van der Waals surface area contributed by atoms with Crippen LogP contribution in [0.4, 0.5) is 0 Å². The van der Waals surface area contributed by atoms with Crippen LogP contribution in [0.15, 0.2) is 24.3 Å². The summed E-state index contributed by atoms with van der Waals surface area (Å²) in [7, 11) is 0. The third kappa shape index (κ3) is 5.45. The van der Waals surface area contributed by atoms with Gasteiger partial charge in [0.05, 0.1) is 18.9 Å². The van der Waals surface area contributed by atoms with Crippen LogP contribution in [0.2, 0.25) is 5.02 Å². The molecule has 3 rings (SSSR count). The van der Waals surface area contributed by atoms with Gasteiger partial charge in [-0.3, -0.25) is 9.59 Å². The summed E-state index contributed by atoms with van der Waals surface area (Å²) in [6, 6.07) is 7.39. The van der Waals surface area contributed by atoms with Gasteiger partial charge < -0.3 is 14.5 Å². The third-order valence-electron chi connectivity index (χ3n) is 5.15. The standard InChI is InChI=1S/C20H27ClN2O3/c21-17-7-5-16(6-8-17)14-19(24)22-9-3-10-23(12-11-22)20(25)15-18-4-1-2-13-26-18/h5-8,18H,1-4,9-15H2. The number of carbonyl (C=O) groups is 2. The molecule has 1 unspecified atom stereocenters. The van der Waals surface area contributed by atoms with E-state index in [1.54, 1.807) is 12.1 Å². The summed E-state index contributed by atoms with van der Waals surface area (Å²) < 4.78 is 5.68. The number of hydrogen-bond acceptors (Lipinski definition) is 3. The Kier molecular flexibility index (Phi) is 6.92. The zero-order chi connectivity index (χ0) is 18.4. The SMILES string of the molecule is O=C(Cc1ccc(Cl)cc1)N1CCCN(C(=O)CC2CCCCO2)CC1. The van der Waals surface area contributed by atoms with E-state index in [-0.39, 0.29) is 17.9 Å². The van der Waals surface area contributed by atoms with Crippen LogP contribution in [0.25, 0.3) is 0 Å². The van der Waals surface area contributed by atoms with E-state index >= 15 is 0 Å². The molecule has 5 nitrogen and oxygen atoms in total. The van der Waals surface area contributed by atoms with Crippen molar-refractivity contribution in [1.82, 2.24) is 9.80 Å². The lowest BCUT2D eigenvalue weighted by Gasteiger charge is -2.26. The van der Waals surface area contributed by atoms with E-state index in [9.17, 15) is 9.59 Å². The van der Waals surface area contributed by atoms with Gasteiger partial charge in [-0.1, -0.05) is 23.7 Å². The molecule has 142 valence electrons. The molecule has 1 aromatic rings. The Morgan fingerprint density at radius 3 is 2.31 bits per heavy atom. The molecule has 2 aliphatic heterocycles. The molecule has 0 N–H and O–H groups in total. The van der Waals surface area contributed by atoms with Gasteiger partial charge in [0.1, 0.15) is 0 Å². The minimum absolute atomic E-state index is 0.0714. The number of rotatable bonds is 4. The zero-order valence-electron chi connectivity index (χ0n) is 15.2. The van der Waals surface area contributed by atoms with E-state index in [0.29, 0.717) is 37.5 Å². The van der Waals surface area contributed by atoms with Gasteiger partial charge in [-0.2, -0.15) is 0 Å². The Morgan fingerprint density at radius 2 is 1.65 bits per heavy atom. The highest BCUT2D eigenvalue weighted by molar-refractivity contribution is 6.30. The summed E-state index contributed by atoms with van der Waals surface area (Å²) in [5.41, 5.74) is 0.964. The highest BCUT2D eigenvalue weighted by Gasteiger charge is 2.25. The molecular weight excluding hydrogens is 352 g/mol. The van der Waals surface area contributed by atoms with Crippen molar-refractivity contribution in [2.24, 2.45) is 0 Å². The number of amides is 2. The van der Waals surface area contributed by atoms with E-state index in [2.05, 4.69) is 0 Å². The summed E-state index contributed by atoms with van der Waals surface area (Å²) in [5.74, 6) is 0.265. The first kappa shape index (κ1) is 19.2. The van der Waals surface area contributed by atoms with Crippen LogP contribution in [0.3, 0.4) is 0 Å². The van der Waals surface area contributed by atoms with E-state index in [0.717, 1.165) is 44.4 Å². The van der Waals surface area contributed by atoms with Crippen LogP contribution < -0.4 is 0 Å². The van der Waals surface area contributed by atoms with Crippen LogP contribution in [0, 0.1) is 0 Å². The van der Waals surface area contributed by atoms with Crippen molar-refractivity contribution in [2.45, 2.75) is 44.6 Å². The second kappa shape index (κ2) is 9.38. The minimum Gasteiger partial charge on any atom is -0.378 e. The van der Waals surface area contributed by atoms with Crippen LogP contribution in [-0.2, 0) is 20.7 Å². The molecule has 2 amide bonds. The summed E-state index contributed by atoms with van der Waals surface area (Å²) in [4.78, 5) is 28.9. The lowest BCUT2D eigenvalue weighted by Crippen LogP contribution is -2.39. The van der Waals surface area contributed by atoms with Crippen LogP contribution >= 0.6 is 11.6 Å². The number of benzene rings is 1. The lowest BCUT2D eigenvalue weighted by molar-refractivity contribution is -0.136. The van der Waals surface area contributed by atoms with Gasteiger partial charge in [0.25, 0.3) is 0 Å².